The molecule has 8 aliphatic rings. The van der Waals surface area contributed by atoms with Crippen molar-refractivity contribution in [2.24, 2.45) is 23.7 Å². The van der Waals surface area contributed by atoms with Crippen LogP contribution in [0.25, 0.3) is 31.9 Å². The van der Waals surface area contributed by atoms with Gasteiger partial charge in [-0.2, -0.15) is 29.9 Å². The van der Waals surface area contributed by atoms with Crippen molar-refractivity contribution in [1.82, 2.24) is 0 Å². The van der Waals surface area contributed by atoms with E-state index in [1.807, 2.05) is 18.2 Å². The Morgan fingerprint density at radius 3 is 1.49 bits per heavy atom. The standard InChI is InChI=1S/C16H26N2O2.C16H22N2O2.C10H18N2.Ru/c2*1-20-16(19)12-10-15(14-8-4-5-9-17-14)18-13-7-3-2-6-11(12)13;1-3-7-11-9(5-1)10-6-2-4-8-12-10;/h11-15H,2-10H2,1H3;4-5,8,11-13,15H,2-3,6-7,9-10H2,1H3;9-10H,1-8H2;/q3*-2;+8. The van der Waals surface area contributed by atoms with Crippen LogP contribution in [0.3, 0.4) is 0 Å². The van der Waals surface area contributed by atoms with Gasteiger partial charge in [-0.15, -0.1) is 50.4 Å². The molecule has 6 heterocycles. The Bertz CT molecular complexity index is 1150. The third kappa shape index (κ3) is 11.8. The monoisotopic (exact) mass is 820 g/mol. The number of hydrogen-bond donors (Lipinski definition) is 0. The van der Waals surface area contributed by atoms with Gasteiger partial charge in [-0.25, -0.2) is 0 Å². The Morgan fingerprint density at radius 1 is 0.566 bits per heavy atom. The zero-order chi connectivity index (χ0) is 36.1. The van der Waals surface area contributed by atoms with Crippen LogP contribution in [0.5, 0.6) is 0 Å². The number of hydrogen-bond acceptors (Lipinski definition) is 4. The maximum atomic E-state index is 12.2. The molecular formula is C42H66N6O4Ru+2. The van der Waals surface area contributed by atoms with E-state index in [0.717, 1.165) is 76.8 Å². The molecule has 0 aromatic rings. The van der Waals surface area contributed by atoms with Crippen LogP contribution in [0.1, 0.15) is 122 Å². The summed E-state index contributed by atoms with van der Waals surface area (Å²) in [6.45, 7) is 3.90. The van der Waals surface area contributed by atoms with Crippen LogP contribution in [-0.4, -0.2) is 94.6 Å². The summed E-state index contributed by atoms with van der Waals surface area (Å²) in [6, 6.07) is 2.58. The Labute approximate surface area is 333 Å². The van der Waals surface area contributed by atoms with E-state index < -0.39 is 0 Å². The van der Waals surface area contributed by atoms with Crippen molar-refractivity contribution < 1.29 is 38.5 Å². The number of carbonyl (C=O) groups is 2. The van der Waals surface area contributed by atoms with E-state index in [0.29, 0.717) is 42.0 Å². The normalized spacial score (nSPS) is 38.2. The Morgan fingerprint density at radius 2 is 1.02 bits per heavy atom. The number of ether oxygens (including phenoxy) is 2. The van der Waals surface area contributed by atoms with Crippen molar-refractivity contribution in [2.45, 2.75) is 164 Å². The summed E-state index contributed by atoms with van der Waals surface area (Å²) in [5.74, 6) is 0.786. The third-order valence-electron chi connectivity index (χ3n) is 13.2. The molecule has 294 valence electrons. The van der Waals surface area contributed by atoms with Crippen LogP contribution in [0.2, 0.25) is 0 Å². The third-order valence-corrected chi connectivity index (χ3v) is 13.2. The smallest absolute Gasteiger partial charge is 0.686 e. The van der Waals surface area contributed by atoms with Gasteiger partial charge < -0.3 is 41.4 Å². The molecule has 0 radical (unpaired) electrons. The summed E-state index contributed by atoms with van der Waals surface area (Å²) in [7, 11) is 3.01. The van der Waals surface area contributed by atoms with E-state index in [2.05, 4.69) is 16.0 Å². The molecular weight excluding hydrogens is 754 g/mol. The second-order valence-corrected chi connectivity index (χ2v) is 16.4. The quantitative estimate of drug-likeness (QED) is 0.202. The minimum Gasteiger partial charge on any atom is -0.686 e. The molecule has 7 fully saturated rings. The average molecular weight is 820 g/mol. The van der Waals surface area contributed by atoms with Crippen molar-refractivity contribution in [3.8, 4) is 0 Å². The molecule has 5 saturated heterocycles. The maximum Gasteiger partial charge on any atom is 8.00 e. The molecule has 10 nitrogen and oxygen atoms in total. The van der Waals surface area contributed by atoms with E-state index in [1.165, 1.54) is 91.3 Å². The molecule has 0 aromatic heterocycles. The molecule has 0 bridgehead atoms. The van der Waals surface area contributed by atoms with Crippen molar-refractivity contribution in [1.29, 1.82) is 0 Å². The number of rotatable bonds is 5. The van der Waals surface area contributed by atoms with Crippen LogP contribution < -0.4 is 0 Å². The van der Waals surface area contributed by atoms with Crippen LogP contribution in [0.4, 0.5) is 0 Å². The molecule has 0 spiro atoms. The van der Waals surface area contributed by atoms with Gasteiger partial charge in [0.25, 0.3) is 0 Å². The summed E-state index contributed by atoms with van der Waals surface area (Å²) < 4.78 is 10.1. The number of fused-ring (bicyclic) bond motifs is 2. The molecule has 11 atom stereocenters. The number of nitrogens with zero attached hydrogens (tertiary/aromatic N) is 6. The Hall–Kier alpha value is -1.36. The molecule has 0 N–H and O–H groups in total. The molecule has 53 heavy (non-hydrogen) atoms. The summed E-state index contributed by atoms with van der Waals surface area (Å²) >= 11 is 0. The van der Waals surface area contributed by atoms with Crippen molar-refractivity contribution in [3.63, 3.8) is 0 Å². The second-order valence-electron chi connectivity index (χ2n) is 16.4. The molecule has 2 aliphatic carbocycles. The van der Waals surface area contributed by atoms with Gasteiger partial charge in [-0.1, -0.05) is 134 Å². The van der Waals surface area contributed by atoms with Crippen LogP contribution in [-0.2, 0) is 38.5 Å². The minimum absolute atomic E-state index is 0. The number of allylic oxidation sites excluding steroid dienone is 2. The number of piperidine rings is 5. The maximum absolute atomic E-state index is 12.2. The predicted octanol–water partition coefficient (Wildman–Crippen LogP) is 9.55. The fraction of sp³-hybridized carbons (Fsp3) is 0.857. The van der Waals surface area contributed by atoms with Gasteiger partial charge >= 0.3 is 31.4 Å². The molecule has 6 aliphatic heterocycles. The van der Waals surface area contributed by atoms with Crippen LogP contribution in [0.15, 0.2) is 23.9 Å². The predicted molar refractivity (Wildman–Crippen MR) is 209 cm³/mol. The van der Waals surface area contributed by atoms with E-state index in [1.54, 1.807) is 0 Å². The van der Waals surface area contributed by atoms with Gasteiger partial charge in [0.15, 0.2) is 0 Å². The summed E-state index contributed by atoms with van der Waals surface area (Å²) in [6.07, 6.45) is 28.8. The Kier molecular flexibility index (Phi) is 18.1. The minimum atomic E-state index is -0.0613. The Balaban J connectivity index is 0.000000157. The first-order valence-corrected chi connectivity index (χ1v) is 21.1. The van der Waals surface area contributed by atoms with E-state index >= 15 is 0 Å². The van der Waals surface area contributed by atoms with Gasteiger partial charge in [-0.3, -0.25) is 9.59 Å². The van der Waals surface area contributed by atoms with Gasteiger partial charge in [0.2, 0.25) is 0 Å². The van der Waals surface area contributed by atoms with E-state index in [-0.39, 0.29) is 55.3 Å². The van der Waals surface area contributed by atoms with E-state index in [4.69, 9.17) is 25.4 Å². The van der Waals surface area contributed by atoms with Gasteiger partial charge in [0.1, 0.15) is 0 Å². The first-order chi connectivity index (χ1) is 25.6. The summed E-state index contributed by atoms with van der Waals surface area (Å²) in [4.78, 5) is 24.3. The van der Waals surface area contributed by atoms with Gasteiger partial charge in [-0.05, 0) is 11.8 Å². The molecule has 2 saturated carbocycles. The van der Waals surface area contributed by atoms with E-state index in [9.17, 15) is 9.59 Å². The zero-order valence-corrected chi connectivity index (χ0v) is 34.3. The molecule has 11 unspecified atom stereocenters. The van der Waals surface area contributed by atoms with Gasteiger partial charge in [0, 0.05) is 0 Å². The summed E-state index contributed by atoms with van der Waals surface area (Å²) in [5.41, 5.74) is 1.03. The number of carbonyl (C=O) groups excluding carboxylic acids is 2. The zero-order valence-electron chi connectivity index (χ0n) is 32.5. The number of esters is 2. The van der Waals surface area contributed by atoms with Crippen molar-refractivity contribution in [3.05, 3.63) is 55.8 Å². The molecule has 8 rings (SSSR count). The number of methoxy groups -OCH3 is 2. The molecule has 0 aromatic carbocycles. The fourth-order valence-corrected chi connectivity index (χ4v) is 10.4. The topological polar surface area (TPSA) is 137 Å². The average Bonchev–Trinajstić information content (AvgIpc) is 3.24. The first-order valence-electron chi connectivity index (χ1n) is 21.1. The fourth-order valence-electron chi connectivity index (χ4n) is 10.4. The second kappa shape index (κ2) is 22.4. The largest absolute Gasteiger partial charge is 8.00 e. The molecule has 0 amide bonds. The van der Waals surface area contributed by atoms with Crippen LogP contribution in [0, 0.1) is 23.7 Å². The SMILES string of the molecule is C1CCC(C2CCCC[N-]2)[N-]C1.COC(=O)C1CC(C2=CC=CC[N-]2)[N-]C2CCCCC21.COC(=O)C1CC(C2CCCC[N-]2)[N-]C2CCCCC21.[Ru+8]. The van der Waals surface area contributed by atoms with Crippen LogP contribution >= 0.6 is 0 Å². The first kappa shape index (κ1) is 42.8. The van der Waals surface area contributed by atoms with Crippen molar-refractivity contribution in [2.75, 3.05) is 40.4 Å². The van der Waals surface area contributed by atoms with Crippen molar-refractivity contribution >= 4 is 11.9 Å². The summed E-state index contributed by atoms with van der Waals surface area (Å²) in [5, 5.41) is 28.7. The van der Waals surface area contributed by atoms with Gasteiger partial charge in [0.05, 0.1) is 26.1 Å². The molecule has 11 heteroatoms.